The molecule has 0 spiro atoms. The van der Waals surface area contributed by atoms with E-state index in [1.807, 2.05) is 28.9 Å². The van der Waals surface area contributed by atoms with Gasteiger partial charge in [0.05, 0.1) is 18.6 Å². The molecular formula is C16H20N4O2S. The third kappa shape index (κ3) is 4.04. The highest BCUT2D eigenvalue weighted by atomic mass is 32.2. The van der Waals surface area contributed by atoms with Gasteiger partial charge in [0.1, 0.15) is 11.6 Å². The molecule has 1 N–H and O–H groups in total. The van der Waals surface area contributed by atoms with E-state index in [0.717, 1.165) is 31.6 Å². The Bertz CT molecular complexity index is 663. The van der Waals surface area contributed by atoms with Crippen LogP contribution in [0.3, 0.4) is 0 Å². The predicted molar refractivity (Wildman–Crippen MR) is 89.9 cm³/mol. The van der Waals surface area contributed by atoms with E-state index in [-0.39, 0.29) is 11.7 Å². The van der Waals surface area contributed by atoms with Crippen molar-refractivity contribution >= 4 is 23.4 Å². The molecule has 23 heavy (non-hydrogen) atoms. The number of para-hydroxylation sites is 2. The van der Waals surface area contributed by atoms with Crippen LogP contribution in [-0.4, -0.2) is 33.5 Å². The topological polar surface area (TPSA) is 69.0 Å². The molecule has 2 heterocycles. The van der Waals surface area contributed by atoms with Gasteiger partial charge in [0, 0.05) is 13.0 Å². The first-order valence-electron chi connectivity index (χ1n) is 7.75. The second-order valence-corrected chi connectivity index (χ2v) is 6.32. The van der Waals surface area contributed by atoms with Gasteiger partial charge >= 0.3 is 0 Å². The summed E-state index contributed by atoms with van der Waals surface area (Å²) >= 11 is 1.37. The Kier molecular flexibility index (Phi) is 5.17. The SMILES string of the molecule is COc1ccccc1NC(=O)CSc1nc2n(n1)CCCCC2. The maximum atomic E-state index is 12.1. The first-order chi connectivity index (χ1) is 11.3. The van der Waals surface area contributed by atoms with Crippen LogP contribution in [0.15, 0.2) is 29.4 Å². The summed E-state index contributed by atoms with van der Waals surface area (Å²) in [6, 6.07) is 7.36. The highest BCUT2D eigenvalue weighted by Gasteiger charge is 2.14. The Morgan fingerprint density at radius 2 is 2.22 bits per heavy atom. The number of ether oxygens (including phenoxy) is 1. The first-order valence-corrected chi connectivity index (χ1v) is 8.74. The number of thioether (sulfide) groups is 1. The number of hydrogen-bond acceptors (Lipinski definition) is 5. The zero-order chi connectivity index (χ0) is 16.1. The number of amides is 1. The molecule has 1 aromatic heterocycles. The maximum absolute atomic E-state index is 12.1. The van der Waals surface area contributed by atoms with E-state index in [2.05, 4.69) is 15.4 Å². The average Bonchev–Trinajstić information content (AvgIpc) is 2.83. The fourth-order valence-corrected chi connectivity index (χ4v) is 3.22. The van der Waals surface area contributed by atoms with Crippen LogP contribution in [0.1, 0.15) is 25.1 Å². The van der Waals surface area contributed by atoms with Crippen LogP contribution in [0.2, 0.25) is 0 Å². The summed E-state index contributed by atoms with van der Waals surface area (Å²) in [4.78, 5) is 16.6. The lowest BCUT2D eigenvalue weighted by Gasteiger charge is -2.08. The summed E-state index contributed by atoms with van der Waals surface area (Å²) in [5.74, 6) is 1.87. The summed E-state index contributed by atoms with van der Waals surface area (Å²) in [6.45, 7) is 0.927. The molecule has 3 rings (SSSR count). The van der Waals surface area contributed by atoms with Crippen LogP contribution in [0.25, 0.3) is 0 Å². The van der Waals surface area contributed by atoms with Gasteiger partial charge in [-0.15, -0.1) is 5.10 Å². The zero-order valence-electron chi connectivity index (χ0n) is 13.1. The molecule has 122 valence electrons. The van der Waals surface area contributed by atoms with Gasteiger partial charge < -0.3 is 10.1 Å². The summed E-state index contributed by atoms with van der Waals surface area (Å²) in [7, 11) is 1.59. The number of carbonyl (C=O) groups excluding carboxylic acids is 1. The van der Waals surface area contributed by atoms with Gasteiger partial charge in [-0.1, -0.05) is 30.3 Å². The third-order valence-corrected chi connectivity index (χ3v) is 4.55. The van der Waals surface area contributed by atoms with Gasteiger partial charge in [-0.3, -0.25) is 4.79 Å². The lowest BCUT2D eigenvalue weighted by Crippen LogP contribution is -2.14. The molecule has 0 saturated heterocycles. The van der Waals surface area contributed by atoms with Crippen molar-refractivity contribution in [3.63, 3.8) is 0 Å². The van der Waals surface area contributed by atoms with Crippen molar-refractivity contribution in [3.05, 3.63) is 30.1 Å². The Morgan fingerprint density at radius 1 is 1.35 bits per heavy atom. The monoisotopic (exact) mass is 332 g/mol. The number of nitrogens with one attached hydrogen (secondary N) is 1. The Morgan fingerprint density at radius 3 is 3.09 bits per heavy atom. The fourth-order valence-electron chi connectivity index (χ4n) is 2.56. The van der Waals surface area contributed by atoms with Gasteiger partial charge in [-0.25, -0.2) is 9.67 Å². The van der Waals surface area contributed by atoms with Crippen LogP contribution in [0, 0.1) is 0 Å². The number of anilines is 1. The van der Waals surface area contributed by atoms with Crippen molar-refractivity contribution in [3.8, 4) is 5.75 Å². The average molecular weight is 332 g/mol. The molecule has 0 saturated carbocycles. The Labute approximate surface area is 139 Å². The number of methoxy groups -OCH3 is 1. The highest BCUT2D eigenvalue weighted by molar-refractivity contribution is 7.99. The normalized spacial score (nSPS) is 14.0. The van der Waals surface area contributed by atoms with E-state index in [1.165, 1.54) is 18.2 Å². The van der Waals surface area contributed by atoms with Crippen molar-refractivity contribution in [2.75, 3.05) is 18.2 Å². The fraction of sp³-hybridized carbons (Fsp3) is 0.438. The minimum atomic E-state index is -0.0931. The standard InChI is InChI=1S/C16H20N4O2S/c1-22-13-8-5-4-7-12(13)17-15(21)11-23-16-18-14-9-3-2-6-10-20(14)19-16/h4-5,7-8H,2-3,6,9-11H2,1H3,(H,17,21). The van der Waals surface area contributed by atoms with Crippen LogP contribution in [0.5, 0.6) is 5.75 Å². The minimum Gasteiger partial charge on any atom is -0.495 e. The summed E-state index contributed by atoms with van der Waals surface area (Å²) in [6.07, 6.45) is 4.52. The van der Waals surface area contributed by atoms with Crippen molar-refractivity contribution < 1.29 is 9.53 Å². The summed E-state index contributed by atoms with van der Waals surface area (Å²) in [5.41, 5.74) is 0.675. The molecule has 0 unspecified atom stereocenters. The third-order valence-electron chi connectivity index (χ3n) is 3.71. The van der Waals surface area contributed by atoms with E-state index >= 15 is 0 Å². The molecule has 0 atom stereocenters. The van der Waals surface area contributed by atoms with Gasteiger partial charge in [0.15, 0.2) is 0 Å². The van der Waals surface area contributed by atoms with E-state index in [0.29, 0.717) is 16.6 Å². The minimum absolute atomic E-state index is 0.0931. The molecule has 0 aliphatic carbocycles. The number of benzene rings is 1. The molecule has 7 heteroatoms. The zero-order valence-corrected chi connectivity index (χ0v) is 13.9. The van der Waals surface area contributed by atoms with Crippen LogP contribution >= 0.6 is 11.8 Å². The maximum Gasteiger partial charge on any atom is 0.234 e. The largest absolute Gasteiger partial charge is 0.495 e. The summed E-state index contributed by atoms with van der Waals surface area (Å²) < 4.78 is 7.21. The van der Waals surface area contributed by atoms with Crippen molar-refractivity contribution in [1.82, 2.24) is 14.8 Å². The van der Waals surface area contributed by atoms with E-state index in [9.17, 15) is 4.79 Å². The van der Waals surface area contributed by atoms with E-state index in [4.69, 9.17) is 4.74 Å². The lowest BCUT2D eigenvalue weighted by atomic mass is 10.2. The molecule has 1 aliphatic rings. The Hall–Kier alpha value is -2.02. The van der Waals surface area contributed by atoms with Crippen molar-refractivity contribution in [1.29, 1.82) is 0 Å². The molecule has 1 amide bonds. The molecule has 0 fully saturated rings. The lowest BCUT2D eigenvalue weighted by molar-refractivity contribution is -0.113. The van der Waals surface area contributed by atoms with Gasteiger partial charge in [-0.05, 0) is 25.0 Å². The number of aryl methyl sites for hydroxylation is 2. The Balaban J connectivity index is 1.57. The second-order valence-electron chi connectivity index (χ2n) is 5.38. The van der Waals surface area contributed by atoms with Crippen LogP contribution in [-0.2, 0) is 17.8 Å². The van der Waals surface area contributed by atoms with Crippen molar-refractivity contribution in [2.45, 2.75) is 37.4 Å². The van der Waals surface area contributed by atoms with Crippen LogP contribution in [0.4, 0.5) is 5.69 Å². The molecule has 6 nitrogen and oxygen atoms in total. The molecule has 1 aromatic carbocycles. The van der Waals surface area contributed by atoms with Crippen LogP contribution < -0.4 is 10.1 Å². The number of hydrogen-bond donors (Lipinski definition) is 1. The number of fused-ring (bicyclic) bond motifs is 1. The number of nitrogens with zero attached hydrogens (tertiary/aromatic N) is 3. The van der Waals surface area contributed by atoms with E-state index < -0.39 is 0 Å². The van der Waals surface area contributed by atoms with Gasteiger partial charge in [-0.2, -0.15) is 0 Å². The molecule has 1 aliphatic heterocycles. The highest BCUT2D eigenvalue weighted by Crippen LogP contribution is 2.24. The van der Waals surface area contributed by atoms with E-state index in [1.54, 1.807) is 7.11 Å². The number of carbonyl (C=O) groups is 1. The van der Waals surface area contributed by atoms with Crippen molar-refractivity contribution in [2.24, 2.45) is 0 Å². The quantitative estimate of drug-likeness (QED) is 0.853. The predicted octanol–water partition coefficient (Wildman–Crippen LogP) is 2.74. The molecular weight excluding hydrogens is 312 g/mol. The molecule has 2 aromatic rings. The number of rotatable bonds is 5. The smallest absolute Gasteiger partial charge is 0.234 e. The molecule has 0 bridgehead atoms. The first kappa shape index (κ1) is 15.9. The second kappa shape index (κ2) is 7.50. The van der Waals surface area contributed by atoms with Gasteiger partial charge in [0.2, 0.25) is 11.1 Å². The van der Waals surface area contributed by atoms with Gasteiger partial charge in [0.25, 0.3) is 0 Å². The molecule has 0 radical (unpaired) electrons. The summed E-state index contributed by atoms with van der Waals surface area (Å²) in [5, 5.41) is 8.02. The number of aromatic nitrogens is 3.